The molecule has 2 atom stereocenters. The van der Waals surface area contributed by atoms with Crippen molar-refractivity contribution in [3.63, 3.8) is 0 Å². The van der Waals surface area contributed by atoms with Crippen LogP contribution in [0, 0.1) is 6.92 Å². The van der Waals surface area contributed by atoms with Crippen LogP contribution in [0.5, 0.6) is 0 Å². The number of aryl methyl sites for hydroxylation is 1. The Morgan fingerprint density at radius 1 is 0.953 bits per heavy atom. The zero-order valence-corrected chi connectivity index (χ0v) is 26.8. The smallest absolute Gasteiger partial charge is 0.408 e. The number of hydrogen-bond donors (Lipinski definition) is 3. The number of rotatable bonds is 16. The molecule has 2 unspecified atom stereocenters. The molecule has 0 radical (unpaired) electrons. The van der Waals surface area contributed by atoms with Gasteiger partial charge in [0, 0.05) is 13.0 Å². The number of para-hydroxylation sites is 1. The Labute approximate surface area is 260 Å². The van der Waals surface area contributed by atoms with E-state index < -0.39 is 41.5 Å². The van der Waals surface area contributed by atoms with Crippen LogP contribution in [0.1, 0.15) is 96.2 Å². The first-order valence-electron chi connectivity index (χ1n) is 15.0. The fraction of sp³-hybridized carbons (Fsp3) is 0.515. The van der Waals surface area contributed by atoms with Gasteiger partial charge in [0.25, 0.3) is 5.91 Å². The second kappa shape index (κ2) is 17.5. The van der Waals surface area contributed by atoms with E-state index in [1.54, 1.807) is 57.2 Å². The van der Waals surface area contributed by atoms with Gasteiger partial charge < -0.3 is 26.0 Å². The van der Waals surface area contributed by atoms with Crippen LogP contribution in [0.2, 0.25) is 5.02 Å². The number of nitrogens with one attached hydrogen (secondary N) is 2. The van der Waals surface area contributed by atoms with Gasteiger partial charge in [0.05, 0.1) is 10.7 Å². The average Bonchev–Trinajstić information content (AvgIpc) is 2.93. The number of unbranched alkanes of at least 4 members (excludes halogenated alkanes) is 5. The Hall–Kier alpha value is -3.59. The fourth-order valence-electron chi connectivity index (χ4n) is 4.71. The number of nitrogens with two attached hydrogens (primary N) is 1. The molecule has 43 heavy (non-hydrogen) atoms. The number of ether oxygens (including phenoxy) is 1. The number of primary amides is 1. The summed E-state index contributed by atoms with van der Waals surface area (Å²) in [6.07, 6.45) is 4.84. The van der Waals surface area contributed by atoms with Crippen LogP contribution in [0.25, 0.3) is 0 Å². The number of alkyl carbamates (subject to hydrolysis) is 1. The van der Waals surface area contributed by atoms with E-state index in [2.05, 4.69) is 17.6 Å². The molecule has 0 saturated heterocycles. The van der Waals surface area contributed by atoms with E-state index in [0.717, 1.165) is 37.7 Å². The zero-order valence-electron chi connectivity index (χ0n) is 26.1. The van der Waals surface area contributed by atoms with E-state index in [1.165, 1.54) is 4.90 Å². The highest BCUT2D eigenvalue weighted by atomic mass is 35.5. The van der Waals surface area contributed by atoms with Gasteiger partial charge in [-0.3, -0.25) is 14.4 Å². The average molecular weight is 615 g/mol. The van der Waals surface area contributed by atoms with Crippen LogP contribution in [0.4, 0.5) is 10.5 Å². The van der Waals surface area contributed by atoms with Crippen LogP contribution in [0.15, 0.2) is 48.5 Å². The lowest BCUT2D eigenvalue weighted by molar-refractivity contribution is -0.141. The third-order valence-electron chi connectivity index (χ3n) is 6.85. The minimum Gasteiger partial charge on any atom is -0.444 e. The molecule has 236 valence electrons. The normalized spacial score (nSPS) is 12.6. The van der Waals surface area contributed by atoms with Gasteiger partial charge in [0.15, 0.2) is 0 Å². The van der Waals surface area contributed by atoms with Crippen molar-refractivity contribution in [3.8, 4) is 0 Å². The monoisotopic (exact) mass is 614 g/mol. The Bertz CT molecular complexity index is 1200. The first-order valence-corrected chi connectivity index (χ1v) is 15.4. The molecular formula is C33H47ClN4O5. The van der Waals surface area contributed by atoms with Gasteiger partial charge in [0.2, 0.25) is 11.8 Å². The van der Waals surface area contributed by atoms with Gasteiger partial charge in [-0.25, -0.2) is 4.79 Å². The molecule has 10 heteroatoms. The number of benzene rings is 2. The summed E-state index contributed by atoms with van der Waals surface area (Å²) in [6.45, 7) is 9.37. The maximum absolute atomic E-state index is 14.3. The van der Waals surface area contributed by atoms with E-state index in [9.17, 15) is 19.2 Å². The summed E-state index contributed by atoms with van der Waals surface area (Å²) in [7, 11) is 0. The van der Waals surface area contributed by atoms with Crippen molar-refractivity contribution in [1.82, 2.24) is 10.2 Å². The predicted molar refractivity (Wildman–Crippen MR) is 171 cm³/mol. The molecule has 0 spiro atoms. The van der Waals surface area contributed by atoms with Crippen LogP contribution in [-0.4, -0.2) is 46.9 Å². The fourth-order valence-corrected chi connectivity index (χ4v) is 4.98. The first-order chi connectivity index (χ1) is 20.3. The number of nitrogens with zero attached hydrogens (tertiary/aromatic N) is 1. The van der Waals surface area contributed by atoms with E-state index in [1.807, 2.05) is 19.1 Å². The van der Waals surface area contributed by atoms with Gasteiger partial charge in [-0.2, -0.15) is 0 Å². The van der Waals surface area contributed by atoms with E-state index in [0.29, 0.717) is 22.7 Å². The van der Waals surface area contributed by atoms with Gasteiger partial charge >= 0.3 is 6.09 Å². The summed E-state index contributed by atoms with van der Waals surface area (Å²) in [5.41, 5.74) is 6.43. The molecule has 0 aliphatic rings. The lowest BCUT2D eigenvalue weighted by atomic mass is 10.0. The molecule has 0 aromatic heterocycles. The quantitative estimate of drug-likeness (QED) is 0.182. The van der Waals surface area contributed by atoms with E-state index in [4.69, 9.17) is 22.1 Å². The van der Waals surface area contributed by atoms with Crippen molar-refractivity contribution in [2.45, 2.75) is 104 Å². The van der Waals surface area contributed by atoms with Crippen molar-refractivity contribution >= 4 is 41.1 Å². The van der Waals surface area contributed by atoms with Crippen molar-refractivity contribution in [1.29, 1.82) is 0 Å². The maximum Gasteiger partial charge on any atom is 0.408 e. The highest BCUT2D eigenvalue weighted by Crippen LogP contribution is 2.30. The molecular weight excluding hydrogens is 568 g/mol. The van der Waals surface area contributed by atoms with Crippen LogP contribution in [-0.2, 0) is 19.1 Å². The van der Waals surface area contributed by atoms with Crippen molar-refractivity contribution < 1.29 is 23.9 Å². The standard InChI is InChI=1S/C33H47ClN4O5/c1-6-7-8-9-10-14-22-38(31(41)26(20-21-27(35)39)36-32(42)43-33(3,4)5)29(24-17-12-11-13-18-24)30(40)37-28-23(2)16-15-19-25(28)34/h11-13,15-19,26,29H,6-10,14,20-22H2,1-5H3,(H2,35,39)(H,36,42)(H,37,40). The predicted octanol–water partition coefficient (Wildman–Crippen LogP) is 6.68. The van der Waals surface area contributed by atoms with Crippen molar-refractivity contribution in [2.75, 3.05) is 11.9 Å². The van der Waals surface area contributed by atoms with Gasteiger partial charge in [-0.15, -0.1) is 0 Å². The molecule has 0 fully saturated rings. The molecule has 0 aliphatic heterocycles. The number of halogens is 1. The van der Waals surface area contributed by atoms with Gasteiger partial charge in [0.1, 0.15) is 17.7 Å². The molecule has 0 aliphatic carbocycles. The molecule has 9 nitrogen and oxygen atoms in total. The number of carbonyl (C=O) groups excluding carboxylic acids is 4. The van der Waals surface area contributed by atoms with Crippen molar-refractivity contribution in [2.24, 2.45) is 5.73 Å². The lowest BCUT2D eigenvalue weighted by Crippen LogP contribution is -2.52. The third kappa shape index (κ3) is 12.3. The van der Waals surface area contributed by atoms with Crippen molar-refractivity contribution in [3.05, 3.63) is 64.7 Å². The third-order valence-corrected chi connectivity index (χ3v) is 7.16. The summed E-state index contributed by atoms with van der Waals surface area (Å²) in [6, 6.07) is 12.1. The minimum atomic E-state index is -1.15. The molecule has 0 heterocycles. The molecule has 4 amide bonds. The Balaban J connectivity index is 2.52. The second-order valence-corrected chi connectivity index (χ2v) is 12.1. The van der Waals surface area contributed by atoms with E-state index >= 15 is 0 Å². The molecule has 2 aromatic rings. The Morgan fingerprint density at radius 3 is 2.21 bits per heavy atom. The van der Waals surface area contributed by atoms with E-state index in [-0.39, 0.29) is 19.4 Å². The molecule has 2 rings (SSSR count). The number of carbonyl (C=O) groups is 4. The summed E-state index contributed by atoms with van der Waals surface area (Å²) >= 11 is 6.44. The Morgan fingerprint density at radius 2 is 1.60 bits per heavy atom. The summed E-state index contributed by atoms with van der Waals surface area (Å²) < 4.78 is 5.41. The summed E-state index contributed by atoms with van der Waals surface area (Å²) in [4.78, 5) is 54.4. The second-order valence-electron chi connectivity index (χ2n) is 11.7. The topological polar surface area (TPSA) is 131 Å². The van der Waals surface area contributed by atoms with Gasteiger partial charge in [-0.05, 0) is 57.7 Å². The van der Waals surface area contributed by atoms with Crippen LogP contribution < -0.4 is 16.4 Å². The number of amides is 4. The maximum atomic E-state index is 14.3. The first kappa shape index (κ1) is 35.6. The minimum absolute atomic E-state index is 0.0485. The molecule has 0 saturated carbocycles. The molecule has 4 N–H and O–H groups in total. The summed E-state index contributed by atoms with van der Waals surface area (Å²) in [5.74, 6) is -1.58. The van der Waals surface area contributed by atoms with Crippen LogP contribution >= 0.6 is 11.6 Å². The number of hydrogen-bond acceptors (Lipinski definition) is 5. The molecule has 0 bridgehead atoms. The molecule has 2 aromatic carbocycles. The summed E-state index contributed by atoms with van der Waals surface area (Å²) in [5, 5.41) is 5.94. The zero-order chi connectivity index (χ0) is 32.0. The lowest BCUT2D eigenvalue weighted by Gasteiger charge is -2.34. The van der Waals surface area contributed by atoms with Crippen LogP contribution in [0.3, 0.4) is 0 Å². The van der Waals surface area contributed by atoms with Gasteiger partial charge in [-0.1, -0.05) is 93.1 Å². The number of anilines is 1. The highest BCUT2D eigenvalue weighted by Gasteiger charge is 2.36. The SMILES string of the molecule is CCCCCCCCN(C(=O)C(CCC(N)=O)NC(=O)OC(C)(C)C)C(C(=O)Nc1c(C)cccc1Cl)c1ccccc1. The highest BCUT2D eigenvalue weighted by molar-refractivity contribution is 6.34. The largest absolute Gasteiger partial charge is 0.444 e. The Kier molecular flexibility index (Phi) is 14.5.